The fourth-order valence-corrected chi connectivity index (χ4v) is 3.25. The smallest absolute Gasteiger partial charge is 0.326 e. The summed E-state index contributed by atoms with van der Waals surface area (Å²) in [6, 6.07) is 13.8. The van der Waals surface area contributed by atoms with Gasteiger partial charge in [-0.1, -0.05) is 30.3 Å². The van der Waals surface area contributed by atoms with Crippen LogP contribution in [0.2, 0.25) is 0 Å². The molecule has 6 nitrogen and oxygen atoms in total. The van der Waals surface area contributed by atoms with Crippen molar-refractivity contribution in [3.63, 3.8) is 0 Å². The Labute approximate surface area is 158 Å². The van der Waals surface area contributed by atoms with Crippen molar-refractivity contribution in [1.29, 1.82) is 0 Å². The number of aryl methyl sites for hydroxylation is 1. The van der Waals surface area contributed by atoms with Gasteiger partial charge in [0, 0.05) is 30.8 Å². The zero-order valence-electron chi connectivity index (χ0n) is 15.4. The Hall–Kier alpha value is -2.86. The van der Waals surface area contributed by atoms with Crippen LogP contribution < -0.4 is 10.2 Å². The number of carbonyl (C=O) groups is 2. The third-order valence-corrected chi connectivity index (χ3v) is 4.70. The number of aliphatic carboxylic acids is 1. The lowest BCUT2D eigenvalue weighted by atomic mass is 10.0. The highest BCUT2D eigenvalue weighted by molar-refractivity contribution is 5.97. The molecular weight excluding hydrogens is 344 g/mol. The SMILES string of the molecule is Cc1cc(C(=O)N[C@H](Cc2ccccc2)C(=O)O)ccc1N1CCOCC1. The van der Waals surface area contributed by atoms with Crippen molar-refractivity contribution in [2.45, 2.75) is 19.4 Å². The summed E-state index contributed by atoms with van der Waals surface area (Å²) < 4.78 is 5.38. The zero-order valence-corrected chi connectivity index (χ0v) is 15.4. The molecule has 142 valence electrons. The molecule has 1 amide bonds. The van der Waals surface area contributed by atoms with Crippen molar-refractivity contribution >= 4 is 17.6 Å². The van der Waals surface area contributed by atoms with Gasteiger partial charge in [-0.3, -0.25) is 4.79 Å². The second-order valence-electron chi connectivity index (χ2n) is 6.65. The normalized spacial score (nSPS) is 15.2. The molecule has 6 heteroatoms. The quantitative estimate of drug-likeness (QED) is 0.818. The van der Waals surface area contributed by atoms with Crippen molar-refractivity contribution in [1.82, 2.24) is 5.32 Å². The Bertz CT molecular complexity index is 801. The number of carbonyl (C=O) groups excluding carboxylic acids is 1. The average molecular weight is 368 g/mol. The highest BCUT2D eigenvalue weighted by Crippen LogP contribution is 2.22. The summed E-state index contributed by atoms with van der Waals surface area (Å²) in [5.41, 5.74) is 3.39. The van der Waals surface area contributed by atoms with Gasteiger partial charge in [0.1, 0.15) is 6.04 Å². The van der Waals surface area contributed by atoms with Gasteiger partial charge in [0.25, 0.3) is 5.91 Å². The molecule has 1 fully saturated rings. The topological polar surface area (TPSA) is 78.9 Å². The summed E-state index contributed by atoms with van der Waals surface area (Å²) in [5.74, 6) is -1.43. The van der Waals surface area contributed by atoms with Crippen LogP contribution >= 0.6 is 0 Å². The number of rotatable bonds is 6. The summed E-state index contributed by atoms with van der Waals surface area (Å²) in [4.78, 5) is 26.4. The van der Waals surface area contributed by atoms with E-state index < -0.39 is 12.0 Å². The maximum Gasteiger partial charge on any atom is 0.326 e. The second-order valence-corrected chi connectivity index (χ2v) is 6.65. The lowest BCUT2D eigenvalue weighted by Crippen LogP contribution is -2.42. The molecule has 0 unspecified atom stereocenters. The standard InChI is InChI=1S/C21H24N2O4/c1-15-13-17(7-8-19(15)23-9-11-27-12-10-23)20(24)22-18(21(25)26)14-16-5-3-2-4-6-16/h2-8,13,18H,9-12,14H2,1H3,(H,22,24)(H,25,26)/t18-/m1/s1. The van der Waals surface area contributed by atoms with Crippen LogP contribution in [0.4, 0.5) is 5.69 Å². The number of nitrogens with zero attached hydrogens (tertiary/aromatic N) is 1. The summed E-state index contributed by atoms with van der Waals surface area (Å²) in [6.07, 6.45) is 0.243. The van der Waals surface area contributed by atoms with Gasteiger partial charge in [0.15, 0.2) is 0 Å². The first-order valence-electron chi connectivity index (χ1n) is 9.05. The predicted octanol–water partition coefficient (Wildman–Crippen LogP) is 2.26. The van der Waals surface area contributed by atoms with E-state index >= 15 is 0 Å². The highest BCUT2D eigenvalue weighted by atomic mass is 16.5. The van der Waals surface area contributed by atoms with E-state index in [4.69, 9.17) is 4.74 Å². The molecule has 2 aromatic rings. The molecule has 3 rings (SSSR count). The molecule has 1 saturated heterocycles. The maximum absolute atomic E-state index is 12.6. The highest BCUT2D eigenvalue weighted by Gasteiger charge is 2.22. The first kappa shape index (κ1) is 18.9. The number of nitrogens with one attached hydrogen (secondary N) is 1. The van der Waals surface area contributed by atoms with E-state index in [1.807, 2.05) is 49.4 Å². The van der Waals surface area contributed by atoms with Gasteiger partial charge < -0.3 is 20.1 Å². The van der Waals surface area contributed by atoms with E-state index in [1.165, 1.54) is 0 Å². The van der Waals surface area contributed by atoms with Crippen LogP contribution in [0.25, 0.3) is 0 Å². The minimum atomic E-state index is -1.05. The first-order chi connectivity index (χ1) is 13.0. The van der Waals surface area contributed by atoms with Gasteiger partial charge >= 0.3 is 5.97 Å². The van der Waals surface area contributed by atoms with Crippen LogP contribution in [0.1, 0.15) is 21.5 Å². The largest absolute Gasteiger partial charge is 0.480 e. The summed E-state index contributed by atoms with van der Waals surface area (Å²) in [6.45, 7) is 5.00. The van der Waals surface area contributed by atoms with Gasteiger partial charge in [0.05, 0.1) is 13.2 Å². The number of carboxylic acid groups (broad SMARTS) is 1. The van der Waals surface area contributed by atoms with Gasteiger partial charge in [-0.05, 0) is 36.2 Å². The lowest BCUT2D eigenvalue weighted by molar-refractivity contribution is -0.139. The Morgan fingerprint density at radius 3 is 2.48 bits per heavy atom. The molecule has 1 aliphatic heterocycles. The Balaban J connectivity index is 1.70. The molecule has 2 N–H and O–H groups in total. The summed E-state index contributed by atoms with van der Waals surface area (Å²) >= 11 is 0. The molecule has 2 aromatic carbocycles. The molecule has 0 spiro atoms. The molecule has 0 saturated carbocycles. The van der Waals surface area contributed by atoms with Crippen LogP contribution in [0.15, 0.2) is 48.5 Å². The van der Waals surface area contributed by atoms with E-state index in [-0.39, 0.29) is 12.3 Å². The van der Waals surface area contributed by atoms with Gasteiger partial charge in [-0.15, -0.1) is 0 Å². The molecule has 0 aromatic heterocycles. The van der Waals surface area contributed by atoms with E-state index in [2.05, 4.69) is 10.2 Å². The summed E-state index contributed by atoms with van der Waals surface area (Å²) in [5, 5.41) is 12.1. The molecule has 1 heterocycles. The number of amides is 1. The number of carboxylic acids is 1. The van der Waals surface area contributed by atoms with E-state index in [0.717, 1.165) is 29.9 Å². The van der Waals surface area contributed by atoms with Crippen molar-refractivity contribution in [2.75, 3.05) is 31.2 Å². The van der Waals surface area contributed by atoms with Gasteiger partial charge in [0.2, 0.25) is 0 Å². The van der Waals surface area contributed by atoms with Crippen LogP contribution in [0.3, 0.4) is 0 Å². The minimum Gasteiger partial charge on any atom is -0.480 e. The molecular formula is C21H24N2O4. The van der Waals surface area contributed by atoms with Crippen LogP contribution in [-0.2, 0) is 16.0 Å². The number of ether oxygens (including phenoxy) is 1. The number of anilines is 1. The Kier molecular flexibility index (Phi) is 6.08. The third kappa shape index (κ3) is 4.86. The Morgan fingerprint density at radius 2 is 1.85 bits per heavy atom. The minimum absolute atomic E-state index is 0.243. The molecule has 0 aliphatic carbocycles. The number of hydrogen-bond acceptors (Lipinski definition) is 4. The molecule has 1 aliphatic rings. The average Bonchev–Trinajstić information content (AvgIpc) is 2.68. The number of hydrogen-bond donors (Lipinski definition) is 2. The van der Waals surface area contributed by atoms with E-state index in [9.17, 15) is 14.7 Å². The fraction of sp³-hybridized carbons (Fsp3) is 0.333. The van der Waals surface area contributed by atoms with Crippen LogP contribution in [0, 0.1) is 6.92 Å². The van der Waals surface area contributed by atoms with Crippen LogP contribution in [0.5, 0.6) is 0 Å². The Morgan fingerprint density at radius 1 is 1.15 bits per heavy atom. The fourth-order valence-electron chi connectivity index (χ4n) is 3.25. The van der Waals surface area contributed by atoms with Crippen molar-refractivity contribution in [3.8, 4) is 0 Å². The third-order valence-electron chi connectivity index (χ3n) is 4.70. The van der Waals surface area contributed by atoms with Gasteiger partial charge in [-0.25, -0.2) is 4.79 Å². The van der Waals surface area contributed by atoms with Crippen molar-refractivity contribution < 1.29 is 19.4 Å². The predicted molar refractivity (Wildman–Crippen MR) is 103 cm³/mol. The number of benzene rings is 2. The second kappa shape index (κ2) is 8.68. The molecule has 1 atom stereocenters. The molecule has 27 heavy (non-hydrogen) atoms. The van der Waals surface area contributed by atoms with E-state index in [0.29, 0.717) is 18.8 Å². The molecule has 0 bridgehead atoms. The van der Waals surface area contributed by atoms with Crippen molar-refractivity contribution in [3.05, 3.63) is 65.2 Å². The first-order valence-corrected chi connectivity index (χ1v) is 9.05. The lowest BCUT2D eigenvalue weighted by Gasteiger charge is -2.30. The summed E-state index contributed by atoms with van der Waals surface area (Å²) in [7, 11) is 0. The zero-order chi connectivity index (χ0) is 19.2. The van der Waals surface area contributed by atoms with Crippen molar-refractivity contribution in [2.24, 2.45) is 0 Å². The van der Waals surface area contributed by atoms with Crippen LogP contribution in [-0.4, -0.2) is 49.3 Å². The van der Waals surface area contributed by atoms with E-state index in [1.54, 1.807) is 6.07 Å². The number of morpholine rings is 1. The van der Waals surface area contributed by atoms with Gasteiger partial charge in [-0.2, -0.15) is 0 Å². The molecule has 0 radical (unpaired) electrons. The maximum atomic E-state index is 12.6. The monoisotopic (exact) mass is 368 g/mol.